The van der Waals surface area contributed by atoms with Gasteiger partial charge in [-0.1, -0.05) is 29.8 Å². The third kappa shape index (κ3) is 4.86. The summed E-state index contributed by atoms with van der Waals surface area (Å²) < 4.78 is 36.7. The first-order chi connectivity index (χ1) is 9.85. The molecule has 112 valence electrons. The van der Waals surface area contributed by atoms with Gasteiger partial charge in [-0.05, 0) is 54.1 Å². The predicted octanol–water partition coefficient (Wildman–Crippen LogP) is 5.87. The minimum atomic E-state index is -4.25. The second kappa shape index (κ2) is 6.62. The molecule has 0 heterocycles. The summed E-state index contributed by atoms with van der Waals surface area (Å²) in [7, 11) is 0. The molecule has 0 saturated carbocycles. The van der Waals surface area contributed by atoms with Crippen LogP contribution in [0.25, 0.3) is 0 Å². The number of thioether (sulfide) groups is 1. The number of alkyl halides is 3. The first-order valence-corrected chi connectivity index (χ1v) is 7.38. The van der Waals surface area contributed by atoms with Gasteiger partial charge in [-0.2, -0.15) is 13.2 Å². The molecule has 0 fully saturated rings. The number of rotatable bonds is 4. The topological polar surface area (TPSA) is 12.0 Å². The molecule has 0 bridgehead atoms. The van der Waals surface area contributed by atoms with E-state index in [1.54, 1.807) is 12.1 Å². The highest BCUT2D eigenvalue weighted by atomic mass is 35.5. The Morgan fingerprint density at radius 2 is 1.76 bits per heavy atom. The highest BCUT2D eigenvalue weighted by molar-refractivity contribution is 8.00. The van der Waals surface area contributed by atoms with E-state index in [4.69, 9.17) is 11.6 Å². The van der Waals surface area contributed by atoms with Crippen LogP contribution in [0.15, 0.2) is 47.4 Å². The van der Waals surface area contributed by atoms with Gasteiger partial charge in [-0.25, -0.2) is 0 Å². The van der Waals surface area contributed by atoms with E-state index in [1.165, 1.54) is 12.1 Å². The average molecular weight is 332 g/mol. The SMILES string of the molecule is Cc1c(Cl)cccc1NCc1ccc(SC(F)(F)F)cc1. The van der Waals surface area contributed by atoms with Crippen molar-refractivity contribution >= 4 is 29.1 Å². The zero-order valence-corrected chi connectivity index (χ0v) is 12.7. The van der Waals surface area contributed by atoms with Gasteiger partial charge in [-0.15, -0.1) is 0 Å². The van der Waals surface area contributed by atoms with E-state index >= 15 is 0 Å². The Bertz CT molecular complexity index is 611. The predicted molar refractivity (Wildman–Crippen MR) is 81.9 cm³/mol. The van der Waals surface area contributed by atoms with Crippen molar-refractivity contribution in [2.45, 2.75) is 23.9 Å². The van der Waals surface area contributed by atoms with Crippen LogP contribution in [0.3, 0.4) is 0 Å². The van der Waals surface area contributed by atoms with Gasteiger partial charge in [0.1, 0.15) is 0 Å². The molecule has 0 radical (unpaired) electrons. The van der Waals surface area contributed by atoms with Crippen LogP contribution < -0.4 is 5.32 Å². The Kier molecular flexibility index (Phi) is 5.06. The number of hydrogen-bond donors (Lipinski definition) is 1. The number of nitrogens with one attached hydrogen (secondary N) is 1. The zero-order valence-electron chi connectivity index (χ0n) is 11.2. The smallest absolute Gasteiger partial charge is 0.381 e. The molecule has 0 aliphatic rings. The van der Waals surface area contributed by atoms with Gasteiger partial charge < -0.3 is 5.32 Å². The summed E-state index contributed by atoms with van der Waals surface area (Å²) in [5.41, 5.74) is -1.49. The van der Waals surface area contributed by atoms with Crippen LogP contribution in [0, 0.1) is 6.92 Å². The van der Waals surface area contributed by atoms with E-state index in [0.717, 1.165) is 16.8 Å². The van der Waals surface area contributed by atoms with E-state index < -0.39 is 5.51 Å². The lowest BCUT2D eigenvalue weighted by Crippen LogP contribution is -2.02. The van der Waals surface area contributed by atoms with Crippen molar-refractivity contribution in [2.24, 2.45) is 0 Å². The molecule has 2 aromatic rings. The van der Waals surface area contributed by atoms with E-state index in [0.29, 0.717) is 11.6 Å². The van der Waals surface area contributed by atoms with Crippen molar-refractivity contribution in [3.05, 3.63) is 58.6 Å². The molecule has 0 aliphatic carbocycles. The lowest BCUT2D eigenvalue weighted by atomic mass is 10.2. The highest BCUT2D eigenvalue weighted by Crippen LogP contribution is 2.36. The minimum Gasteiger partial charge on any atom is -0.381 e. The average Bonchev–Trinajstić information content (AvgIpc) is 2.40. The highest BCUT2D eigenvalue weighted by Gasteiger charge is 2.28. The quantitative estimate of drug-likeness (QED) is 0.703. The monoisotopic (exact) mass is 331 g/mol. The summed E-state index contributed by atoms with van der Waals surface area (Å²) in [5.74, 6) is 0. The van der Waals surface area contributed by atoms with Crippen molar-refractivity contribution in [1.29, 1.82) is 0 Å². The molecular formula is C15H13ClF3NS. The summed E-state index contributed by atoms with van der Waals surface area (Å²) in [6.07, 6.45) is 0. The number of anilines is 1. The number of halogens is 4. The molecule has 2 rings (SSSR count). The maximum atomic E-state index is 12.2. The minimum absolute atomic E-state index is 0.110. The molecule has 0 aliphatic heterocycles. The second-order valence-electron chi connectivity index (χ2n) is 4.46. The first kappa shape index (κ1) is 16.0. The fourth-order valence-corrected chi connectivity index (χ4v) is 2.52. The maximum absolute atomic E-state index is 12.2. The Hall–Kier alpha value is -1.33. The third-order valence-electron chi connectivity index (χ3n) is 2.91. The molecule has 2 aromatic carbocycles. The number of hydrogen-bond acceptors (Lipinski definition) is 2. The summed E-state index contributed by atoms with van der Waals surface area (Å²) in [5, 5.41) is 3.90. The zero-order chi connectivity index (χ0) is 15.5. The molecule has 1 nitrogen and oxygen atoms in total. The molecular weight excluding hydrogens is 319 g/mol. The largest absolute Gasteiger partial charge is 0.446 e. The molecule has 0 amide bonds. The van der Waals surface area contributed by atoms with Crippen LogP contribution >= 0.6 is 23.4 Å². The fourth-order valence-electron chi connectivity index (χ4n) is 1.81. The van der Waals surface area contributed by atoms with Crippen LogP contribution in [0.2, 0.25) is 5.02 Å². The molecule has 0 aromatic heterocycles. The van der Waals surface area contributed by atoms with Gasteiger partial charge in [0.15, 0.2) is 0 Å². The van der Waals surface area contributed by atoms with Crippen molar-refractivity contribution in [1.82, 2.24) is 0 Å². The normalized spacial score (nSPS) is 11.5. The third-order valence-corrected chi connectivity index (χ3v) is 4.06. The van der Waals surface area contributed by atoms with Crippen molar-refractivity contribution in [2.75, 3.05) is 5.32 Å². The Morgan fingerprint density at radius 3 is 2.38 bits per heavy atom. The number of benzene rings is 2. The Morgan fingerprint density at radius 1 is 1.10 bits per heavy atom. The van der Waals surface area contributed by atoms with E-state index in [-0.39, 0.29) is 16.7 Å². The van der Waals surface area contributed by atoms with E-state index in [1.807, 2.05) is 25.1 Å². The fraction of sp³-hybridized carbons (Fsp3) is 0.200. The van der Waals surface area contributed by atoms with Crippen LogP contribution in [-0.2, 0) is 6.54 Å². The van der Waals surface area contributed by atoms with Crippen LogP contribution in [0.1, 0.15) is 11.1 Å². The summed E-state index contributed by atoms with van der Waals surface area (Å²) >= 11 is 5.92. The van der Waals surface area contributed by atoms with Gasteiger partial charge in [0.25, 0.3) is 0 Å². The Balaban J connectivity index is 1.99. The summed E-state index contributed by atoms with van der Waals surface area (Å²) in [6, 6.07) is 11.9. The van der Waals surface area contributed by atoms with Crippen LogP contribution in [0.4, 0.5) is 18.9 Å². The van der Waals surface area contributed by atoms with Crippen LogP contribution in [-0.4, -0.2) is 5.51 Å². The van der Waals surface area contributed by atoms with Crippen molar-refractivity contribution in [3.8, 4) is 0 Å². The van der Waals surface area contributed by atoms with Crippen LogP contribution in [0.5, 0.6) is 0 Å². The van der Waals surface area contributed by atoms with Crippen molar-refractivity contribution < 1.29 is 13.2 Å². The first-order valence-electron chi connectivity index (χ1n) is 6.19. The molecule has 21 heavy (non-hydrogen) atoms. The molecule has 1 N–H and O–H groups in total. The van der Waals surface area contributed by atoms with Gasteiger partial charge in [0, 0.05) is 22.2 Å². The Labute approximate surface area is 130 Å². The summed E-state index contributed by atoms with van der Waals surface area (Å²) in [4.78, 5) is 0.185. The maximum Gasteiger partial charge on any atom is 0.446 e. The molecule has 0 atom stereocenters. The second-order valence-corrected chi connectivity index (χ2v) is 6.00. The molecule has 0 spiro atoms. The molecule has 0 unspecified atom stereocenters. The summed E-state index contributed by atoms with van der Waals surface area (Å²) in [6.45, 7) is 2.44. The van der Waals surface area contributed by atoms with Gasteiger partial charge in [0.05, 0.1) is 0 Å². The van der Waals surface area contributed by atoms with E-state index in [2.05, 4.69) is 5.32 Å². The molecule has 6 heteroatoms. The van der Waals surface area contributed by atoms with E-state index in [9.17, 15) is 13.2 Å². The van der Waals surface area contributed by atoms with Crippen molar-refractivity contribution in [3.63, 3.8) is 0 Å². The lowest BCUT2D eigenvalue weighted by Gasteiger charge is -2.11. The van der Waals surface area contributed by atoms with Gasteiger partial charge in [0.2, 0.25) is 0 Å². The standard InChI is InChI=1S/C15H13ClF3NS/c1-10-13(16)3-2-4-14(10)20-9-11-5-7-12(8-6-11)21-15(17,18)19/h2-8,20H,9H2,1H3. The van der Waals surface area contributed by atoms with Gasteiger partial charge in [-0.3, -0.25) is 0 Å². The lowest BCUT2D eigenvalue weighted by molar-refractivity contribution is -0.0328. The van der Waals surface area contributed by atoms with Gasteiger partial charge >= 0.3 is 5.51 Å². The molecule has 0 saturated heterocycles.